The first-order valence-corrected chi connectivity index (χ1v) is 9.97. The molecule has 6 nitrogen and oxygen atoms in total. The number of hydrogen-bond acceptors (Lipinski definition) is 5. The summed E-state index contributed by atoms with van der Waals surface area (Å²) < 4.78 is 54.3. The zero-order valence-electron chi connectivity index (χ0n) is 10.8. The predicted molar refractivity (Wildman–Crippen MR) is 74.7 cm³/mol. The Hall–Kier alpha value is 0.110. The lowest BCUT2D eigenvalue weighted by Crippen LogP contribution is -2.45. The van der Waals surface area contributed by atoms with Gasteiger partial charge in [0, 0.05) is 25.6 Å². The molecular formula is C10H20ClNO5S2. The second-order valence-corrected chi connectivity index (χ2v) is 9.25. The molecule has 1 fully saturated rings. The zero-order valence-corrected chi connectivity index (χ0v) is 13.2. The number of halogens is 1. The molecule has 1 unspecified atom stereocenters. The van der Waals surface area contributed by atoms with Crippen LogP contribution in [-0.2, 0) is 24.6 Å². The van der Waals surface area contributed by atoms with Crippen molar-refractivity contribution in [2.45, 2.75) is 30.6 Å². The molecular weight excluding hydrogens is 314 g/mol. The van der Waals surface area contributed by atoms with Crippen molar-refractivity contribution in [2.75, 3.05) is 31.1 Å². The van der Waals surface area contributed by atoms with Crippen LogP contribution in [0.5, 0.6) is 0 Å². The van der Waals surface area contributed by atoms with Gasteiger partial charge in [0.1, 0.15) is 9.84 Å². The van der Waals surface area contributed by atoms with Crippen LogP contribution in [0.3, 0.4) is 0 Å². The van der Waals surface area contributed by atoms with Gasteiger partial charge in [0.2, 0.25) is 10.0 Å². The van der Waals surface area contributed by atoms with Crippen molar-refractivity contribution in [3.05, 3.63) is 0 Å². The van der Waals surface area contributed by atoms with Crippen LogP contribution >= 0.6 is 11.6 Å². The first-order valence-electron chi connectivity index (χ1n) is 6.07. The average Bonchev–Trinajstić information content (AvgIpc) is 2.33. The molecule has 19 heavy (non-hydrogen) atoms. The summed E-state index contributed by atoms with van der Waals surface area (Å²) in [6.07, 6.45) is 0.790. The number of nitrogens with one attached hydrogen (secondary N) is 1. The molecule has 1 saturated heterocycles. The van der Waals surface area contributed by atoms with Crippen molar-refractivity contribution in [2.24, 2.45) is 0 Å². The zero-order chi connectivity index (χ0) is 14.5. The molecule has 0 spiro atoms. The van der Waals surface area contributed by atoms with Gasteiger partial charge in [-0.1, -0.05) is 0 Å². The summed E-state index contributed by atoms with van der Waals surface area (Å²) in [5.74, 6) is 0.0258. The minimum atomic E-state index is -3.53. The Labute approximate surface area is 119 Å². The van der Waals surface area contributed by atoms with Crippen LogP contribution in [0, 0.1) is 0 Å². The van der Waals surface area contributed by atoms with Gasteiger partial charge in [-0.2, -0.15) is 0 Å². The Morgan fingerprint density at radius 3 is 2.42 bits per heavy atom. The first-order chi connectivity index (χ1) is 8.80. The van der Waals surface area contributed by atoms with Crippen molar-refractivity contribution >= 4 is 31.5 Å². The van der Waals surface area contributed by atoms with Crippen LogP contribution in [0.1, 0.15) is 19.3 Å². The lowest BCUT2D eigenvalue weighted by molar-refractivity contribution is 0.188. The number of sulfone groups is 1. The molecule has 9 heteroatoms. The fraction of sp³-hybridized carbons (Fsp3) is 1.00. The Morgan fingerprint density at radius 1 is 1.37 bits per heavy atom. The molecule has 1 aliphatic heterocycles. The molecule has 0 bridgehead atoms. The highest BCUT2D eigenvalue weighted by Crippen LogP contribution is 2.19. The molecule has 1 atom stereocenters. The summed E-state index contributed by atoms with van der Waals surface area (Å²) in [5, 5.41) is -0.649. The highest BCUT2D eigenvalue weighted by atomic mass is 35.5. The summed E-state index contributed by atoms with van der Waals surface area (Å²) in [6, 6.07) is -0.384. The second kappa shape index (κ2) is 7.21. The van der Waals surface area contributed by atoms with Crippen LogP contribution in [-0.4, -0.2) is 59.2 Å². The van der Waals surface area contributed by atoms with E-state index in [2.05, 4.69) is 4.72 Å². The van der Waals surface area contributed by atoms with E-state index >= 15 is 0 Å². The third-order valence-electron chi connectivity index (χ3n) is 3.13. The van der Waals surface area contributed by atoms with Gasteiger partial charge in [-0.15, -0.1) is 11.6 Å². The fourth-order valence-electron chi connectivity index (χ4n) is 1.93. The van der Waals surface area contributed by atoms with Gasteiger partial charge >= 0.3 is 0 Å². The monoisotopic (exact) mass is 333 g/mol. The van der Waals surface area contributed by atoms with E-state index in [0.717, 1.165) is 0 Å². The number of sulfonamides is 1. The van der Waals surface area contributed by atoms with E-state index in [1.165, 1.54) is 7.11 Å². The minimum absolute atomic E-state index is 0.0673. The number of ether oxygens (including phenoxy) is 1. The Bertz CT molecular complexity index is 462. The molecule has 1 heterocycles. The quantitative estimate of drug-likeness (QED) is 0.669. The standard InChI is InChI=1S/C10H20ClNO5S2/c1-17-5-2-9(8-11)12-19(15,16)10-3-6-18(13,14)7-4-10/h9-10,12H,2-8H2,1H3. The highest BCUT2D eigenvalue weighted by Gasteiger charge is 2.33. The predicted octanol–water partition coefficient (Wildman–Crippen LogP) is 0.127. The Balaban J connectivity index is 2.60. The number of alkyl halides is 1. The fourth-order valence-corrected chi connectivity index (χ4v) is 5.76. The van der Waals surface area contributed by atoms with E-state index in [1.54, 1.807) is 0 Å². The summed E-state index contributed by atoms with van der Waals surface area (Å²) in [4.78, 5) is 0. The molecule has 0 aliphatic carbocycles. The van der Waals surface area contributed by atoms with E-state index in [-0.39, 0.29) is 36.3 Å². The summed E-state index contributed by atoms with van der Waals surface area (Å²) >= 11 is 5.72. The molecule has 114 valence electrons. The minimum Gasteiger partial charge on any atom is -0.385 e. The van der Waals surface area contributed by atoms with Gasteiger partial charge < -0.3 is 4.74 Å². The highest BCUT2D eigenvalue weighted by molar-refractivity contribution is 7.92. The molecule has 0 aromatic heterocycles. The summed E-state index contributed by atoms with van der Waals surface area (Å²) in [7, 11) is -5.06. The number of rotatable bonds is 7. The van der Waals surface area contributed by atoms with Gasteiger partial charge in [0.15, 0.2) is 0 Å². The molecule has 1 aliphatic rings. The maximum absolute atomic E-state index is 12.1. The van der Waals surface area contributed by atoms with E-state index in [0.29, 0.717) is 13.0 Å². The van der Waals surface area contributed by atoms with Crippen molar-refractivity contribution in [3.8, 4) is 0 Å². The molecule has 0 radical (unpaired) electrons. The molecule has 0 saturated carbocycles. The lowest BCUT2D eigenvalue weighted by atomic mass is 10.2. The smallest absolute Gasteiger partial charge is 0.214 e. The van der Waals surface area contributed by atoms with E-state index in [4.69, 9.17) is 16.3 Å². The molecule has 1 rings (SSSR count). The van der Waals surface area contributed by atoms with Crippen molar-refractivity contribution in [3.63, 3.8) is 0 Å². The molecule has 0 aromatic carbocycles. The maximum atomic E-state index is 12.1. The van der Waals surface area contributed by atoms with Gasteiger partial charge in [0.25, 0.3) is 0 Å². The molecule has 0 aromatic rings. The number of hydrogen-bond donors (Lipinski definition) is 1. The summed E-state index contributed by atoms with van der Waals surface area (Å²) in [6.45, 7) is 0.416. The average molecular weight is 334 g/mol. The van der Waals surface area contributed by atoms with Crippen LogP contribution in [0.15, 0.2) is 0 Å². The van der Waals surface area contributed by atoms with Crippen LogP contribution < -0.4 is 4.72 Å². The first kappa shape index (κ1) is 17.2. The molecule has 0 amide bonds. The van der Waals surface area contributed by atoms with Crippen molar-refractivity contribution in [1.82, 2.24) is 4.72 Å². The van der Waals surface area contributed by atoms with E-state index in [1.807, 2.05) is 0 Å². The Morgan fingerprint density at radius 2 is 1.95 bits per heavy atom. The second-order valence-electron chi connectivity index (χ2n) is 4.65. The van der Waals surface area contributed by atoms with E-state index < -0.39 is 25.1 Å². The number of methoxy groups -OCH3 is 1. The normalized spacial score (nSPS) is 22.2. The van der Waals surface area contributed by atoms with Crippen LogP contribution in [0.25, 0.3) is 0 Å². The summed E-state index contributed by atoms with van der Waals surface area (Å²) in [5.41, 5.74) is 0. The largest absolute Gasteiger partial charge is 0.385 e. The van der Waals surface area contributed by atoms with Gasteiger partial charge in [-0.3, -0.25) is 0 Å². The van der Waals surface area contributed by atoms with Crippen LogP contribution in [0.4, 0.5) is 0 Å². The maximum Gasteiger partial charge on any atom is 0.214 e. The van der Waals surface area contributed by atoms with E-state index in [9.17, 15) is 16.8 Å². The van der Waals surface area contributed by atoms with Gasteiger partial charge in [-0.05, 0) is 19.3 Å². The lowest BCUT2D eigenvalue weighted by Gasteiger charge is -2.25. The van der Waals surface area contributed by atoms with Crippen molar-refractivity contribution < 1.29 is 21.6 Å². The molecule has 1 N–H and O–H groups in total. The van der Waals surface area contributed by atoms with Crippen LogP contribution in [0.2, 0.25) is 0 Å². The van der Waals surface area contributed by atoms with Crippen molar-refractivity contribution in [1.29, 1.82) is 0 Å². The third kappa shape index (κ3) is 5.55. The third-order valence-corrected chi connectivity index (χ3v) is 7.23. The Kier molecular flexibility index (Phi) is 6.52. The van der Waals surface area contributed by atoms with Gasteiger partial charge in [0.05, 0.1) is 16.8 Å². The SMILES string of the molecule is COCCC(CCl)NS(=O)(=O)C1CCS(=O)(=O)CC1. The van der Waals surface area contributed by atoms with Gasteiger partial charge in [-0.25, -0.2) is 21.6 Å². The topological polar surface area (TPSA) is 89.5 Å².